The third-order valence-corrected chi connectivity index (χ3v) is 8.10. The lowest BCUT2D eigenvalue weighted by Gasteiger charge is -2.35. The molecule has 0 amide bonds. The second-order valence-corrected chi connectivity index (χ2v) is 9.60. The second kappa shape index (κ2) is 7.69. The van der Waals surface area contributed by atoms with Gasteiger partial charge in [-0.1, -0.05) is 35.5 Å². The van der Waals surface area contributed by atoms with Crippen molar-refractivity contribution in [2.24, 2.45) is 0 Å². The van der Waals surface area contributed by atoms with Crippen LogP contribution >= 0.6 is 0 Å². The molecule has 27 heavy (non-hydrogen) atoms. The zero-order valence-electron chi connectivity index (χ0n) is 15.6. The highest BCUT2D eigenvalue weighted by Gasteiger charge is 2.37. The van der Waals surface area contributed by atoms with Crippen molar-refractivity contribution in [1.82, 2.24) is 19.3 Å². The predicted molar refractivity (Wildman–Crippen MR) is 102 cm³/mol. The van der Waals surface area contributed by atoms with Gasteiger partial charge in [0.1, 0.15) is 0 Å². The standard InChI is InChI=1S/C19H26N4O3S/c1-15(19-20-18(21-26-19)16-7-3-2-4-8-16)22-13-9-17(10-14-22)27(24,25)23-11-5-6-12-23/h2-4,7-8,15,17H,5-6,9-14H2,1H3. The molecule has 1 unspecified atom stereocenters. The summed E-state index contributed by atoms with van der Waals surface area (Å²) in [5.74, 6) is 1.17. The molecule has 0 saturated carbocycles. The van der Waals surface area contributed by atoms with E-state index in [1.54, 1.807) is 4.31 Å². The van der Waals surface area contributed by atoms with Gasteiger partial charge in [-0.3, -0.25) is 4.90 Å². The number of hydrogen-bond acceptors (Lipinski definition) is 6. The van der Waals surface area contributed by atoms with Crippen molar-refractivity contribution in [2.45, 2.75) is 43.9 Å². The third kappa shape index (κ3) is 3.79. The van der Waals surface area contributed by atoms with Gasteiger partial charge in [-0.2, -0.15) is 4.98 Å². The van der Waals surface area contributed by atoms with E-state index in [9.17, 15) is 8.42 Å². The molecule has 0 aliphatic carbocycles. The van der Waals surface area contributed by atoms with Gasteiger partial charge in [-0.15, -0.1) is 0 Å². The first-order valence-corrected chi connectivity index (χ1v) is 11.2. The fourth-order valence-corrected chi connectivity index (χ4v) is 5.98. The van der Waals surface area contributed by atoms with Gasteiger partial charge in [0.15, 0.2) is 0 Å². The summed E-state index contributed by atoms with van der Waals surface area (Å²) in [6, 6.07) is 9.72. The molecule has 0 radical (unpaired) electrons. The van der Waals surface area contributed by atoms with E-state index >= 15 is 0 Å². The van der Waals surface area contributed by atoms with E-state index in [2.05, 4.69) is 15.0 Å². The monoisotopic (exact) mass is 390 g/mol. The number of sulfonamides is 1. The number of benzene rings is 1. The molecule has 8 heteroatoms. The van der Waals surface area contributed by atoms with Crippen LogP contribution in [-0.4, -0.2) is 59.2 Å². The summed E-state index contributed by atoms with van der Waals surface area (Å²) >= 11 is 0. The number of nitrogens with zero attached hydrogens (tertiary/aromatic N) is 4. The van der Waals surface area contributed by atoms with Crippen LogP contribution in [0.25, 0.3) is 11.4 Å². The smallest absolute Gasteiger partial charge is 0.244 e. The van der Waals surface area contributed by atoms with Crippen LogP contribution in [0.4, 0.5) is 0 Å². The summed E-state index contributed by atoms with van der Waals surface area (Å²) in [5, 5.41) is 3.83. The van der Waals surface area contributed by atoms with Crippen LogP contribution in [0.3, 0.4) is 0 Å². The number of aromatic nitrogens is 2. The molecule has 0 N–H and O–H groups in total. The van der Waals surface area contributed by atoms with Crippen LogP contribution in [0.1, 0.15) is 44.5 Å². The van der Waals surface area contributed by atoms with Crippen LogP contribution in [-0.2, 0) is 10.0 Å². The topological polar surface area (TPSA) is 79.5 Å². The van der Waals surface area contributed by atoms with Crippen LogP contribution in [0.15, 0.2) is 34.9 Å². The maximum atomic E-state index is 12.8. The van der Waals surface area contributed by atoms with Gasteiger partial charge in [0.05, 0.1) is 11.3 Å². The van der Waals surface area contributed by atoms with Crippen molar-refractivity contribution in [3.05, 3.63) is 36.2 Å². The molecular formula is C19H26N4O3S. The van der Waals surface area contributed by atoms with Gasteiger partial charge >= 0.3 is 0 Å². The number of likely N-dealkylation sites (tertiary alicyclic amines) is 1. The molecule has 1 atom stereocenters. The molecule has 0 bridgehead atoms. The van der Waals surface area contributed by atoms with Crippen LogP contribution in [0.5, 0.6) is 0 Å². The molecule has 2 saturated heterocycles. The lowest BCUT2D eigenvalue weighted by atomic mass is 10.1. The van der Waals surface area contributed by atoms with Crippen LogP contribution in [0.2, 0.25) is 0 Å². The van der Waals surface area contributed by atoms with E-state index in [4.69, 9.17) is 4.52 Å². The Morgan fingerprint density at radius 3 is 2.41 bits per heavy atom. The highest BCUT2D eigenvalue weighted by molar-refractivity contribution is 7.89. The highest BCUT2D eigenvalue weighted by atomic mass is 32.2. The fourth-order valence-electron chi connectivity index (χ4n) is 3.98. The number of rotatable bonds is 5. The summed E-state index contributed by atoms with van der Waals surface area (Å²) in [6.07, 6.45) is 3.28. The van der Waals surface area contributed by atoms with Gasteiger partial charge in [0.25, 0.3) is 0 Å². The minimum atomic E-state index is -3.15. The Morgan fingerprint density at radius 1 is 1.07 bits per heavy atom. The lowest BCUT2D eigenvalue weighted by molar-refractivity contribution is 0.146. The van der Waals surface area contributed by atoms with E-state index in [0.29, 0.717) is 37.6 Å². The first-order valence-electron chi connectivity index (χ1n) is 9.68. The molecule has 2 fully saturated rings. The first kappa shape index (κ1) is 18.6. The van der Waals surface area contributed by atoms with Crippen molar-refractivity contribution < 1.29 is 12.9 Å². The van der Waals surface area contributed by atoms with E-state index < -0.39 is 10.0 Å². The molecule has 7 nitrogen and oxygen atoms in total. The van der Waals surface area contributed by atoms with E-state index in [0.717, 1.165) is 31.5 Å². The summed E-state index contributed by atoms with van der Waals surface area (Å²) in [7, 11) is -3.15. The molecule has 1 aromatic carbocycles. The zero-order valence-corrected chi connectivity index (χ0v) is 16.4. The Labute approximate surface area is 160 Å². The van der Waals surface area contributed by atoms with Crippen molar-refractivity contribution >= 4 is 10.0 Å². The Hall–Kier alpha value is -1.77. The second-order valence-electron chi connectivity index (χ2n) is 7.38. The molecule has 2 aliphatic heterocycles. The summed E-state index contributed by atoms with van der Waals surface area (Å²) in [5.41, 5.74) is 0.926. The van der Waals surface area contributed by atoms with Gasteiger partial charge < -0.3 is 4.52 Å². The quantitative estimate of drug-likeness (QED) is 0.781. The van der Waals surface area contributed by atoms with E-state index in [1.807, 2.05) is 37.3 Å². The van der Waals surface area contributed by atoms with Crippen LogP contribution in [0, 0.1) is 0 Å². The first-order chi connectivity index (χ1) is 13.1. The molecular weight excluding hydrogens is 364 g/mol. The van der Waals surface area contributed by atoms with E-state index in [-0.39, 0.29) is 11.3 Å². The summed E-state index contributed by atoms with van der Waals surface area (Å²) in [4.78, 5) is 6.77. The number of piperidine rings is 1. The molecule has 0 spiro atoms. The lowest BCUT2D eigenvalue weighted by Crippen LogP contribution is -2.45. The van der Waals surface area contributed by atoms with Crippen molar-refractivity contribution in [1.29, 1.82) is 0 Å². The van der Waals surface area contributed by atoms with E-state index in [1.165, 1.54) is 0 Å². The maximum Gasteiger partial charge on any atom is 0.244 e. The minimum Gasteiger partial charge on any atom is -0.337 e. The predicted octanol–water partition coefficient (Wildman–Crippen LogP) is 2.69. The SMILES string of the molecule is CC(c1nc(-c2ccccc2)no1)N1CCC(S(=O)(=O)N2CCCC2)CC1. The van der Waals surface area contributed by atoms with Gasteiger partial charge in [0.2, 0.25) is 21.7 Å². The van der Waals surface area contributed by atoms with Crippen molar-refractivity contribution in [3.8, 4) is 11.4 Å². The Bertz CT molecular complexity index is 854. The Kier molecular flexibility index (Phi) is 5.29. The van der Waals surface area contributed by atoms with Crippen LogP contribution < -0.4 is 0 Å². The fraction of sp³-hybridized carbons (Fsp3) is 0.579. The average Bonchev–Trinajstić information content (AvgIpc) is 3.41. The highest BCUT2D eigenvalue weighted by Crippen LogP contribution is 2.29. The zero-order chi connectivity index (χ0) is 18.9. The molecule has 2 aromatic rings. The minimum absolute atomic E-state index is 0.0228. The normalized spacial score (nSPS) is 21.5. The maximum absolute atomic E-state index is 12.8. The molecule has 146 valence electrons. The van der Waals surface area contributed by atoms with Gasteiger partial charge in [-0.05, 0) is 32.6 Å². The average molecular weight is 391 g/mol. The Balaban J connectivity index is 1.39. The molecule has 1 aromatic heterocycles. The number of hydrogen-bond donors (Lipinski definition) is 0. The molecule has 2 aliphatic rings. The van der Waals surface area contributed by atoms with Crippen molar-refractivity contribution in [2.75, 3.05) is 26.2 Å². The molecule has 4 rings (SSSR count). The van der Waals surface area contributed by atoms with Gasteiger partial charge in [0, 0.05) is 31.7 Å². The largest absolute Gasteiger partial charge is 0.337 e. The molecule has 3 heterocycles. The summed E-state index contributed by atoms with van der Waals surface area (Å²) in [6.45, 7) is 4.86. The van der Waals surface area contributed by atoms with Crippen molar-refractivity contribution in [3.63, 3.8) is 0 Å². The third-order valence-electron chi connectivity index (χ3n) is 5.70. The summed E-state index contributed by atoms with van der Waals surface area (Å²) < 4.78 is 32.7. The van der Waals surface area contributed by atoms with Gasteiger partial charge in [-0.25, -0.2) is 12.7 Å². The Morgan fingerprint density at radius 2 is 1.74 bits per heavy atom.